The van der Waals surface area contributed by atoms with Gasteiger partial charge < -0.3 is 10.4 Å². The molecule has 0 aromatic heterocycles. The molecular formula is C14H27NO. The van der Waals surface area contributed by atoms with Gasteiger partial charge in [0.25, 0.3) is 0 Å². The summed E-state index contributed by atoms with van der Waals surface area (Å²) < 4.78 is 0. The lowest BCUT2D eigenvalue weighted by molar-refractivity contribution is 0.104. The SMILES string of the molecule is CCC1CCCC(NC2CCCC(O)C2)C1. The van der Waals surface area contributed by atoms with Crippen LogP contribution in [0.5, 0.6) is 0 Å². The van der Waals surface area contributed by atoms with Crippen molar-refractivity contribution in [2.24, 2.45) is 5.92 Å². The number of hydrogen-bond acceptors (Lipinski definition) is 2. The standard InChI is InChI=1S/C14H27NO/c1-2-11-5-3-6-12(9-11)15-13-7-4-8-14(16)10-13/h11-16H,2-10H2,1H3. The minimum Gasteiger partial charge on any atom is -0.393 e. The molecule has 4 atom stereocenters. The summed E-state index contributed by atoms with van der Waals surface area (Å²) in [5, 5.41) is 13.5. The zero-order valence-electron chi connectivity index (χ0n) is 10.6. The van der Waals surface area contributed by atoms with Crippen LogP contribution in [0.15, 0.2) is 0 Å². The van der Waals surface area contributed by atoms with Gasteiger partial charge in [0, 0.05) is 12.1 Å². The van der Waals surface area contributed by atoms with Crippen LogP contribution in [0, 0.1) is 5.92 Å². The summed E-state index contributed by atoms with van der Waals surface area (Å²) in [5.74, 6) is 0.944. The van der Waals surface area contributed by atoms with Crippen molar-refractivity contribution in [1.82, 2.24) is 5.32 Å². The first-order valence-electron chi connectivity index (χ1n) is 7.22. The molecule has 2 aliphatic rings. The highest BCUT2D eigenvalue weighted by atomic mass is 16.3. The maximum atomic E-state index is 9.67. The molecule has 16 heavy (non-hydrogen) atoms. The van der Waals surface area contributed by atoms with Crippen LogP contribution < -0.4 is 5.32 Å². The molecule has 0 radical (unpaired) electrons. The van der Waals surface area contributed by atoms with Gasteiger partial charge in [0.1, 0.15) is 0 Å². The van der Waals surface area contributed by atoms with Crippen molar-refractivity contribution >= 4 is 0 Å². The van der Waals surface area contributed by atoms with Gasteiger partial charge in [-0.1, -0.05) is 26.2 Å². The van der Waals surface area contributed by atoms with Crippen molar-refractivity contribution < 1.29 is 5.11 Å². The third kappa shape index (κ3) is 3.46. The molecule has 2 rings (SSSR count). The maximum Gasteiger partial charge on any atom is 0.0555 e. The second kappa shape index (κ2) is 6.02. The van der Waals surface area contributed by atoms with E-state index < -0.39 is 0 Å². The molecule has 0 spiro atoms. The third-order valence-corrected chi connectivity index (χ3v) is 4.48. The Bertz CT molecular complexity index is 207. The van der Waals surface area contributed by atoms with Gasteiger partial charge in [0.15, 0.2) is 0 Å². The van der Waals surface area contributed by atoms with Crippen molar-refractivity contribution in [3.63, 3.8) is 0 Å². The predicted octanol–water partition coefficient (Wildman–Crippen LogP) is 2.85. The average molecular weight is 225 g/mol. The van der Waals surface area contributed by atoms with Crippen molar-refractivity contribution in [3.05, 3.63) is 0 Å². The number of aliphatic hydroxyl groups is 1. The van der Waals surface area contributed by atoms with Crippen LogP contribution >= 0.6 is 0 Å². The van der Waals surface area contributed by atoms with Gasteiger partial charge in [0.2, 0.25) is 0 Å². The van der Waals surface area contributed by atoms with E-state index in [0.717, 1.165) is 24.8 Å². The van der Waals surface area contributed by atoms with Gasteiger partial charge in [-0.3, -0.25) is 0 Å². The van der Waals surface area contributed by atoms with E-state index in [9.17, 15) is 5.11 Å². The van der Waals surface area contributed by atoms with Crippen molar-refractivity contribution in [2.75, 3.05) is 0 Å². The quantitative estimate of drug-likeness (QED) is 0.774. The largest absolute Gasteiger partial charge is 0.393 e. The molecule has 2 saturated carbocycles. The zero-order valence-corrected chi connectivity index (χ0v) is 10.6. The fourth-order valence-corrected chi connectivity index (χ4v) is 3.46. The zero-order chi connectivity index (χ0) is 11.4. The summed E-state index contributed by atoms with van der Waals surface area (Å²) in [6.07, 6.45) is 11.3. The fourth-order valence-electron chi connectivity index (χ4n) is 3.46. The Labute approximate surface area is 99.8 Å². The molecular weight excluding hydrogens is 198 g/mol. The van der Waals surface area contributed by atoms with Crippen molar-refractivity contribution in [1.29, 1.82) is 0 Å². The lowest BCUT2D eigenvalue weighted by atomic mass is 9.83. The second-order valence-corrected chi connectivity index (χ2v) is 5.82. The van der Waals surface area contributed by atoms with E-state index >= 15 is 0 Å². The smallest absolute Gasteiger partial charge is 0.0555 e. The second-order valence-electron chi connectivity index (χ2n) is 5.82. The van der Waals surface area contributed by atoms with Crippen LogP contribution in [0.1, 0.15) is 64.7 Å². The van der Waals surface area contributed by atoms with Crippen LogP contribution in [0.4, 0.5) is 0 Å². The average Bonchev–Trinajstić information content (AvgIpc) is 2.29. The Morgan fingerprint density at radius 1 is 1.00 bits per heavy atom. The first-order chi connectivity index (χ1) is 7.78. The lowest BCUT2D eigenvalue weighted by Gasteiger charge is -2.35. The highest BCUT2D eigenvalue weighted by Crippen LogP contribution is 2.28. The minimum atomic E-state index is -0.0446. The summed E-state index contributed by atoms with van der Waals surface area (Å²) in [7, 11) is 0. The van der Waals surface area contributed by atoms with Gasteiger partial charge in [-0.2, -0.15) is 0 Å². The lowest BCUT2D eigenvalue weighted by Crippen LogP contribution is -2.44. The first kappa shape index (κ1) is 12.4. The van der Waals surface area contributed by atoms with E-state index in [1.54, 1.807) is 0 Å². The molecule has 2 nitrogen and oxygen atoms in total. The molecule has 0 aromatic rings. The summed E-state index contributed by atoms with van der Waals surface area (Å²) >= 11 is 0. The Morgan fingerprint density at radius 2 is 1.69 bits per heavy atom. The number of aliphatic hydroxyl groups excluding tert-OH is 1. The number of nitrogens with one attached hydrogen (secondary N) is 1. The van der Waals surface area contributed by atoms with Crippen molar-refractivity contribution in [2.45, 2.75) is 82.9 Å². The first-order valence-corrected chi connectivity index (χ1v) is 7.22. The Morgan fingerprint density at radius 3 is 2.38 bits per heavy atom. The minimum absolute atomic E-state index is 0.0446. The van der Waals surface area contributed by atoms with E-state index in [2.05, 4.69) is 12.2 Å². The summed E-state index contributed by atoms with van der Waals surface area (Å²) in [6, 6.07) is 1.32. The van der Waals surface area contributed by atoms with E-state index in [4.69, 9.17) is 0 Å². The van der Waals surface area contributed by atoms with Crippen LogP contribution in [0.2, 0.25) is 0 Å². The molecule has 0 saturated heterocycles. The Kier molecular flexibility index (Phi) is 4.66. The molecule has 0 aromatic carbocycles. The summed E-state index contributed by atoms with van der Waals surface area (Å²) in [4.78, 5) is 0. The molecule has 2 N–H and O–H groups in total. The molecule has 2 aliphatic carbocycles. The molecule has 0 amide bonds. The van der Waals surface area contributed by atoms with Crippen LogP contribution in [-0.4, -0.2) is 23.3 Å². The number of hydrogen-bond donors (Lipinski definition) is 2. The van der Waals surface area contributed by atoms with Gasteiger partial charge in [0.05, 0.1) is 6.10 Å². The third-order valence-electron chi connectivity index (χ3n) is 4.48. The fraction of sp³-hybridized carbons (Fsp3) is 1.00. The molecule has 0 aliphatic heterocycles. The topological polar surface area (TPSA) is 32.3 Å². The van der Waals surface area contributed by atoms with Crippen molar-refractivity contribution in [3.8, 4) is 0 Å². The predicted molar refractivity (Wildman–Crippen MR) is 67.4 cm³/mol. The van der Waals surface area contributed by atoms with E-state index in [0.29, 0.717) is 6.04 Å². The summed E-state index contributed by atoms with van der Waals surface area (Å²) in [6.45, 7) is 2.32. The molecule has 2 heteroatoms. The van der Waals surface area contributed by atoms with Gasteiger partial charge in [-0.15, -0.1) is 0 Å². The molecule has 94 valence electrons. The van der Waals surface area contributed by atoms with Gasteiger partial charge in [-0.25, -0.2) is 0 Å². The van der Waals surface area contributed by atoms with E-state index in [-0.39, 0.29) is 6.10 Å². The highest BCUT2D eigenvalue weighted by molar-refractivity contribution is 4.84. The monoisotopic (exact) mass is 225 g/mol. The normalized spacial score (nSPS) is 40.9. The Balaban J connectivity index is 1.75. The Hall–Kier alpha value is -0.0800. The molecule has 4 unspecified atom stereocenters. The molecule has 0 heterocycles. The highest BCUT2D eigenvalue weighted by Gasteiger charge is 2.25. The summed E-state index contributed by atoms with van der Waals surface area (Å²) in [5.41, 5.74) is 0. The molecule has 2 fully saturated rings. The van der Waals surface area contributed by atoms with Gasteiger partial charge in [-0.05, 0) is 44.4 Å². The van der Waals surface area contributed by atoms with Crippen LogP contribution in [0.3, 0.4) is 0 Å². The number of rotatable bonds is 3. The van der Waals surface area contributed by atoms with Crippen LogP contribution in [0.25, 0.3) is 0 Å². The van der Waals surface area contributed by atoms with E-state index in [1.165, 1.54) is 44.9 Å². The van der Waals surface area contributed by atoms with E-state index in [1.807, 2.05) is 0 Å². The maximum absolute atomic E-state index is 9.67. The van der Waals surface area contributed by atoms with Gasteiger partial charge >= 0.3 is 0 Å². The van der Waals surface area contributed by atoms with Crippen LogP contribution in [-0.2, 0) is 0 Å². The molecule has 0 bridgehead atoms.